The van der Waals surface area contributed by atoms with Crippen LogP contribution in [0.3, 0.4) is 0 Å². The molecule has 2 rings (SSSR count). The lowest BCUT2D eigenvalue weighted by Gasteiger charge is -2.19. The first-order valence-corrected chi connectivity index (χ1v) is 6.62. The Kier molecular flexibility index (Phi) is 4.53. The van der Waals surface area contributed by atoms with Gasteiger partial charge in [-0.25, -0.2) is 4.98 Å². The van der Waals surface area contributed by atoms with Crippen LogP contribution < -0.4 is 15.4 Å². The van der Waals surface area contributed by atoms with Gasteiger partial charge in [-0.15, -0.1) is 0 Å². The van der Waals surface area contributed by atoms with Crippen molar-refractivity contribution in [2.75, 3.05) is 19.1 Å². The SMILES string of the molecule is COc1cccc(CN(C)c2ccc(C(N)=S)cc2)n1. The van der Waals surface area contributed by atoms with Gasteiger partial charge in [-0.2, -0.15) is 0 Å². The Morgan fingerprint density at radius 1 is 1.25 bits per heavy atom. The third-order valence-corrected chi connectivity index (χ3v) is 3.22. The van der Waals surface area contributed by atoms with Crippen LogP contribution in [0.2, 0.25) is 0 Å². The highest BCUT2D eigenvalue weighted by atomic mass is 32.1. The number of rotatable bonds is 5. The number of benzene rings is 1. The minimum atomic E-state index is 0.411. The van der Waals surface area contributed by atoms with E-state index in [4.69, 9.17) is 22.7 Å². The van der Waals surface area contributed by atoms with Gasteiger partial charge in [0.25, 0.3) is 0 Å². The number of nitrogens with two attached hydrogens (primary N) is 1. The molecule has 0 aliphatic heterocycles. The molecule has 2 aromatic rings. The van der Waals surface area contributed by atoms with Crippen LogP contribution in [0, 0.1) is 0 Å². The fourth-order valence-electron chi connectivity index (χ4n) is 1.87. The van der Waals surface area contributed by atoms with Gasteiger partial charge in [0, 0.05) is 24.4 Å². The van der Waals surface area contributed by atoms with Gasteiger partial charge in [0.1, 0.15) is 4.99 Å². The van der Waals surface area contributed by atoms with Gasteiger partial charge in [-0.3, -0.25) is 0 Å². The summed E-state index contributed by atoms with van der Waals surface area (Å²) in [6, 6.07) is 13.6. The molecule has 20 heavy (non-hydrogen) atoms. The first-order valence-electron chi connectivity index (χ1n) is 6.21. The van der Waals surface area contributed by atoms with Crippen molar-refractivity contribution < 1.29 is 4.74 Å². The van der Waals surface area contributed by atoms with Crippen LogP contribution in [0.4, 0.5) is 5.69 Å². The van der Waals surface area contributed by atoms with E-state index >= 15 is 0 Å². The van der Waals surface area contributed by atoms with Crippen LogP contribution in [0.5, 0.6) is 5.88 Å². The summed E-state index contributed by atoms with van der Waals surface area (Å²) < 4.78 is 5.13. The number of nitrogens with zero attached hydrogens (tertiary/aromatic N) is 2. The average Bonchev–Trinajstić information content (AvgIpc) is 2.47. The lowest BCUT2D eigenvalue weighted by molar-refractivity contribution is 0.396. The molecule has 5 heteroatoms. The summed E-state index contributed by atoms with van der Waals surface area (Å²) in [5.74, 6) is 0.625. The minimum absolute atomic E-state index is 0.411. The lowest BCUT2D eigenvalue weighted by atomic mass is 10.2. The summed E-state index contributed by atoms with van der Waals surface area (Å²) in [5.41, 5.74) is 8.49. The Morgan fingerprint density at radius 3 is 2.55 bits per heavy atom. The zero-order chi connectivity index (χ0) is 14.5. The van der Waals surface area contributed by atoms with Crippen molar-refractivity contribution in [1.29, 1.82) is 0 Å². The third-order valence-electron chi connectivity index (χ3n) is 2.98. The van der Waals surface area contributed by atoms with Crippen LogP contribution in [0.15, 0.2) is 42.5 Å². The van der Waals surface area contributed by atoms with Crippen molar-refractivity contribution in [3.63, 3.8) is 0 Å². The smallest absolute Gasteiger partial charge is 0.213 e. The van der Waals surface area contributed by atoms with Crippen molar-refractivity contribution in [2.45, 2.75) is 6.54 Å². The molecule has 1 aromatic carbocycles. The number of thiocarbonyl (C=S) groups is 1. The van der Waals surface area contributed by atoms with Crippen molar-refractivity contribution in [2.24, 2.45) is 5.73 Å². The fourth-order valence-corrected chi connectivity index (χ4v) is 2.01. The number of pyridine rings is 1. The first-order chi connectivity index (χ1) is 9.60. The second-order valence-corrected chi connectivity index (χ2v) is 4.88. The Balaban J connectivity index is 2.10. The molecule has 0 atom stereocenters. The van der Waals surface area contributed by atoms with E-state index < -0.39 is 0 Å². The molecule has 1 aromatic heterocycles. The summed E-state index contributed by atoms with van der Waals surface area (Å²) in [4.78, 5) is 6.91. The van der Waals surface area contributed by atoms with Crippen LogP contribution in [0.25, 0.3) is 0 Å². The molecule has 0 saturated heterocycles. The Hall–Kier alpha value is -2.14. The second kappa shape index (κ2) is 6.34. The van der Waals surface area contributed by atoms with E-state index in [0.717, 1.165) is 16.9 Å². The third kappa shape index (κ3) is 3.45. The molecule has 0 fully saturated rings. The first kappa shape index (κ1) is 14.3. The number of ether oxygens (including phenoxy) is 1. The molecule has 2 N–H and O–H groups in total. The Bertz CT molecular complexity index is 598. The van der Waals surface area contributed by atoms with Crippen LogP contribution in [0.1, 0.15) is 11.3 Å². The monoisotopic (exact) mass is 287 g/mol. The van der Waals surface area contributed by atoms with E-state index in [-0.39, 0.29) is 0 Å². The van der Waals surface area contributed by atoms with Crippen molar-refractivity contribution in [3.8, 4) is 5.88 Å². The average molecular weight is 287 g/mol. The summed E-state index contributed by atoms with van der Waals surface area (Å²) >= 11 is 4.94. The molecule has 0 saturated carbocycles. The van der Waals surface area contributed by atoms with E-state index in [1.165, 1.54) is 0 Å². The largest absolute Gasteiger partial charge is 0.481 e. The van der Waals surface area contributed by atoms with E-state index in [9.17, 15) is 0 Å². The van der Waals surface area contributed by atoms with Gasteiger partial charge >= 0.3 is 0 Å². The van der Waals surface area contributed by atoms with Crippen LogP contribution in [-0.2, 0) is 6.54 Å². The predicted molar refractivity (Wildman–Crippen MR) is 85.2 cm³/mol. The highest BCUT2D eigenvalue weighted by molar-refractivity contribution is 7.80. The van der Waals surface area contributed by atoms with E-state index in [2.05, 4.69) is 9.88 Å². The topological polar surface area (TPSA) is 51.4 Å². The molecule has 4 nitrogen and oxygen atoms in total. The molecule has 0 amide bonds. The molecule has 1 heterocycles. The highest BCUT2D eigenvalue weighted by Gasteiger charge is 2.05. The van der Waals surface area contributed by atoms with Crippen molar-refractivity contribution in [3.05, 3.63) is 53.7 Å². The van der Waals surface area contributed by atoms with Crippen LogP contribution >= 0.6 is 12.2 Å². The highest BCUT2D eigenvalue weighted by Crippen LogP contribution is 2.17. The maximum absolute atomic E-state index is 5.59. The standard InChI is InChI=1S/C15H17N3OS/c1-18(10-12-4-3-5-14(17-12)19-2)13-8-6-11(7-9-13)15(16)20/h3-9H,10H2,1-2H3,(H2,16,20). The number of aromatic nitrogens is 1. The van der Waals surface area contributed by atoms with E-state index in [1.54, 1.807) is 7.11 Å². The summed E-state index contributed by atoms with van der Waals surface area (Å²) in [6.45, 7) is 0.698. The fraction of sp³-hybridized carbons (Fsp3) is 0.200. The normalized spacial score (nSPS) is 10.1. The van der Waals surface area contributed by atoms with Gasteiger partial charge in [0.05, 0.1) is 19.3 Å². The molecular formula is C15H17N3OS. The minimum Gasteiger partial charge on any atom is -0.481 e. The number of methoxy groups -OCH3 is 1. The number of hydrogen-bond acceptors (Lipinski definition) is 4. The molecule has 0 radical (unpaired) electrons. The summed E-state index contributed by atoms with van der Waals surface area (Å²) in [6.07, 6.45) is 0. The zero-order valence-corrected chi connectivity index (χ0v) is 12.4. The molecule has 0 aliphatic carbocycles. The molecule has 0 bridgehead atoms. The predicted octanol–water partition coefficient (Wildman–Crippen LogP) is 2.36. The van der Waals surface area contributed by atoms with Gasteiger partial charge < -0.3 is 15.4 Å². The van der Waals surface area contributed by atoms with Gasteiger partial charge in [0.2, 0.25) is 5.88 Å². The maximum Gasteiger partial charge on any atom is 0.213 e. The number of anilines is 1. The molecule has 104 valence electrons. The zero-order valence-electron chi connectivity index (χ0n) is 11.5. The molecular weight excluding hydrogens is 270 g/mol. The maximum atomic E-state index is 5.59. The summed E-state index contributed by atoms with van der Waals surface area (Å²) in [7, 11) is 3.63. The lowest BCUT2D eigenvalue weighted by Crippen LogP contribution is -2.17. The molecule has 0 aliphatic rings. The second-order valence-electron chi connectivity index (χ2n) is 4.44. The molecule has 0 spiro atoms. The van der Waals surface area contributed by atoms with Crippen molar-refractivity contribution >= 4 is 22.9 Å². The van der Waals surface area contributed by atoms with Gasteiger partial charge in [-0.05, 0) is 30.3 Å². The van der Waals surface area contributed by atoms with Crippen LogP contribution in [-0.4, -0.2) is 24.1 Å². The number of hydrogen-bond donors (Lipinski definition) is 1. The summed E-state index contributed by atoms with van der Waals surface area (Å²) in [5, 5.41) is 0. The van der Waals surface area contributed by atoms with Gasteiger partial charge in [-0.1, -0.05) is 18.3 Å². The quantitative estimate of drug-likeness (QED) is 0.856. The van der Waals surface area contributed by atoms with E-state index in [0.29, 0.717) is 17.4 Å². The van der Waals surface area contributed by atoms with Gasteiger partial charge in [0.15, 0.2) is 0 Å². The Labute approximate surface area is 124 Å². The van der Waals surface area contributed by atoms with Crippen molar-refractivity contribution in [1.82, 2.24) is 4.98 Å². The van der Waals surface area contributed by atoms with E-state index in [1.807, 2.05) is 49.5 Å². The molecule has 0 unspecified atom stereocenters. The Morgan fingerprint density at radius 2 is 1.95 bits per heavy atom.